The first-order valence-corrected chi connectivity index (χ1v) is 7.90. The van der Waals surface area contributed by atoms with Gasteiger partial charge >= 0.3 is 0 Å². The highest BCUT2D eigenvalue weighted by molar-refractivity contribution is 5.84. The lowest BCUT2D eigenvalue weighted by Gasteiger charge is -2.30. The largest absolute Gasteiger partial charge is 0.334 e. The van der Waals surface area contributed by atoms with Crippen molar-refractivity contribution in [2.75, 3.05) is 13.1 Å². The monoisotopic (exact) mass is 304 g/mol. The molecule has 0 aliphatic rings. The Morgan fingerprint density at radius 1 is 1.05 bits per heavy atom. The third kappa shape index (κ3) is 5.88. The molecule has 1 aromatic carbocycles. The molecule has 0 unspecified atom stereocenters. The first-order valence-electron chi connectivity index (χ1n) is 7.90. The van der Waals surface area contributed by atoms with Crippen molar-refractivity contribution in [3.63, 3.8) is 0 Å². The fourth-order valence-electron chi connectivity index (χ4n) is 2.34. The van der Waals surface area contributed by atoms with Gasteiger partial charge in [-0.2, -0.15) is 0 Å². The molecule has 0 aliphatic carbocycles. The van der Waals surface area contributed by atoms with E-state index in [1.165, 1.54) is 6.92 Å². The lowest BCUT2D eigenvalue weighted by atomic mass is 10.1. The Labute approximate surface area is 134 Å². The molecule has 4 nitrogen and oxygen atoms in total. The average Bonchev–Trinajstić information content (AvgIpc) is 2.44. The van der Waals surface area contributed by atoms with Crippen molar-refractivity contribution in [1.29, 1.82) is 0 Å². The molecule has 1 rings (SSSR count). The standard InChI is InChI=1S/C18H28N2O2/c1-14(2)11-19(16(5)21)13-18(22)20(15(3)4)12-17-9-7-6-8-10-17/h6-10,14-15H,11-13H2,1-5H3. The summed E-state index contributed by atoms with van der Waals surface area (Å²) in [6.07, 6.45) is 0. The van der Waals surface area contributed by atoms with Crippen LogP contribution in [0.25, 0.3) is 0 Å². The van der Waals surface area contributed by atoms with Crippen LogP contribution in [0.2, 0.25) is 0 Å². The van der Waals surface area contributed by atoms with Crippen molar-refractivity contribution < 1.29 is 9.59 Å². The van der Waals surface area contributed by atoms with Crippen LogP contribution in [0.1, 0.15) is 40.2 Å². The maximum atomic E-state index is 12.6. The molecule has 0 saturated carbocycles. The molecule has 0 radical (unpaired) electrons. The predicted molar refractivity (Wildman–Crippen MR) is 89.2 cm³/mol. The predicted octanol–water partition coefficient (Wildman–Crippen LogP) is 2.93. The van der Waals surface area contributed by atoms with E-state index in [0.717, 1.165) is 5.56 Å². The summed E-state index contributed by atoms with van der Waals surface area (Å²) < 4.78 is 0. The van der Waals surface area contributed by atoms with E-state index >= 15 is 0 Å². The topological polar surface area (TPSA) is 40.6 Å². The van der Waals surface area contributed by atoms with Gasteiger partial charge in [0.1, 0.15) is 0 Å². The summed E-state index contributed by atoms with van der Waals surface area (Å²) in [6, 6.07) is 10.0. The Bertz CT molecular complexity index is 483. The van der Waals surface area contributed by atoms with E-state index in [9.17, 15) is 9.59 Å². The lowest BCUT2D eigenvalue weighted by molar-refractivity contribution is -0.141. The zero-order valence-electron chi connectivity index (χ0n) is 14.4. The van der Waals surface area contributed by atoms with Crippen LogP contribution in [0, 0.1) is 5.92 Å². The number of rotatable bonds is 7. The van der Waals surface area contributed by atoms with Gasteiger partial charge in [-0.05, 0) is 25.3 Å². The van der Waals surface area contributed by atoms with Gasteiger partial charge < -0.3 is 9.80 Å². The van der Waals surface area contributed by atoms with Crippen LogP contribution in [0.4, 0.5) is 0 Å². The summed E-state index contributed by atoms with van der Waals surface area (Å²) in [5.41, 5.74) is 1.10. The summed E-state index contributed by atoms with van der Waals surface area (Å²) in [4.78, 5) is 27.8. The van der Waals surface area contributed by atoms with Crippen LogP contribution in [0.15, 0.2) is 30.3 Å². The highest BCUT2D eigenvalue weighted by Gasteiger charge is 2.22. The SMILES string of the molecule is CC(=O)N(CC(=O)N(Cc1ccccc1)C(C)C)CC(C)C. The van der Waals surface area contributed by atoms with E-state index in [0.29, 0.717) is 19.0 Å². The highest BCUT2D eigenvalue weighted by Crippen LogP contribution is 2.10. The molecule has 0 fully saturated rings. The van der Waals surface area contributed by atoms with E-state index in [1.807, 2.05) is 62.9 Å². The summed E-state index contributed by atoms with van der Waals surface area (Å²) >= 11 is 0. The minimum absolute atomic E-state index is 0.00490. The van der Waals surface area contributed by atoms with Crippen LogP contribution < -0.4 is 0 Å². The van der Waals surface area contributed by atoms with Crippen LogP contribution >= 0.6 is 0 Å². The molecule has 0 atom stereocenters. The minimum Gasteiger partial charge on any atom is -0.334 e. The maximum absolute atomic E-state index is 12.6. The number of hydrogen-bond donors (Lipinski definition) is 0. The Balaban J connectivity index is 2.78. The molecule has 1 aromatic rings. The average molecular weight is 304 g/mol. The fourth-order valence-corrected chi connectivity index (χ4v) is 2.34. The van der Waals surface area contributed by atoms with E-state index in [4.69, 9.17) is 0 Å². The number of benzene rings is 1. The van der Waals surface area contributed by atoms with Crippen molar-refractivity contribution in [2.45, 2.75) is 47.2 Å². The third-order valence-electron chi connectivity index (χ3n) is 3.50. The molecule has 0 bridgehead atoms. The summed E-state index contributed by atoms with van der Waals surface area (Å²) in [5.74, 6) is 0.290. The van der Waals surface area contributed by atoms with Crippen molar-refractivity contribution >= 4 is 11.8 Å². The molecule has 0 heterocycles. The number of nitrogens with zero attached hydrogens (tertiary/aromatic N) is 2. The molecule has 0 N–H and O–H groups in total. The quantitative estimate of drug-likeness (QED) is 0.777. The second-order valence-corrected chi connectivity index (χ2v) is 6.39. The van der Waals surface area contributed by atoms with Gasteiger partial charge in [0.25, 0.3) is 0 Å². The van der Waals surface area contributed by atoms with Crippen molar-refractivity contribution in [2.24, 2.45) is 5.92 Å². The number of hydrogen-bond acceptors (Lipinski definition) is 2. The Morgan fingerprint density at radius 3 is 2.09 bits per heavy atom. The maximum Gasteiger partial charge on any atom is 0.242 e. The zero-order chi connectivity index (χ0) is 16.7. The van der Waals surface area contributed by atoms with Gasteiger partial charge in [-0.15, -0.1) is 0 Å². The number of carbonyl (C=O) groups is 2. The van der Waals surface area contributed by atoms with Gasteiger partial charge in [-0.25, -0.2) is 0 Å². The smallest absolute Gasteiger partial charge is 0.242 e. The zero-order valence-corrected chi connectivity index (χ0v) is 14.4. The van der Waals surface area contributed by atoms with Crippen molar-refractivity contribution in [3.8, 4) is 0 Å². The molecule has 4 heteroatoms. The second kappa shape index (κ2) is 8.57. The van der Waals surface area contributed by atoms with Gasteiger partial charge in [0.05, 0.1) is 6.54 Å². The molecule has 0 aliphatic heterocycles. The summed E-state index contributed by atoms with van der Waals surface area (Å²) in [7, 11) is 0. The van der Waals surface area contributed by atoms with E-state index in [-0.39, 0.29) is 24.4 Å². The van der Waals surface area contributed by atoms with Gasteiger partial charge in [0.2, 0.25) is 11.8 Å². The normalized spacial score (nSPS) is 10.9. The summed E-state index contributed by atoms with van der Waals surface area (Å²) in [6.45, 7) is 11.0. The number of amides is 2. The lowest BCUT2D eigenvalue weighted by Crippen LogP contribution is -2.45. The molecule has 0 saturated heterocycles. The number of carbonyl (C=O) groups excluding carboxylic acids is 2. The van der Waals surface area contributed by atoms with Crippen LogP contribution in [0.5, 0.6) is 0 Å². The first kappa shape index (κ1) is 18.2. The van der Waals surface area contributed by atoms with Gasteiger partial charge in [0, 0.05) is 26.1 Å². The second-order valence-electron chi connectivity index (χ2n) is 6.39. The molecule has 0 spiro atoms. The fraction of sp³-hybridized carbons (Fsp3) is 0.556. The van der Waals surface area contributed by atoms with Gasteiger partial charge in [-0.3, -0.25) is 9.59 Å². The highest BCUT2D eigenvalue weighted by atomic mass is 16.2. The molecule has 122 valence electrons. The molecule has 22 heavy (non-hydrogen) atoms. The molecule has 0 aromatic heterocycles. The van der Waals surface area contributed by atoms with E-state index < -0.39 is 0 Å². The summed E-state index contributed by atoms with van der Waals surface area (Å²) in [5, 5.41) is 0. The van der Waals surface area contributed by atoms with E-state index in [2.05, 4.69) is 0 Å². The molecule has 2 amide bonds. The molecular formula is C18H28N2O2. The van der Waals surface area contributed by atoms with Crippen molar-refractivity contribution in [3.05, 3.63) is 35.9 Å². The van der Waals surface area contributed by atoms with Crippen LogP contribution in [0.3, 0.4) is 0 Å². The molecular weight excluding hydrogens is 276 g/mol. The van der Waals surface area contributed by atoms with Crippen molar-refractivity contribution in [1.82, 2.24) is 9.80 Å². The Kier molecular flexibility index (Phi) is 7.09. The van der Waals surface area contributed by atoms with Gasteiger partial charge in [-0.1, -0.05) is 44.2 Å². The minimum atomic E-state index is -0.0505. The van der Waals surface area contributed by atoms with Crippen LogP contribution in [-0.2, 0) is 16.1 Å². The third-order valence-corrected chi connectivity index (χ3v) is 3.50. The Morgan fingerprint density at radius 2 is 1.64 bits per heavy atom. The first-order chi connectivity index (χ1) is 10.3. The van der Waals surface area contributed by atoms with Crippen LogP contribution in [-0.4, -0.2) is 40.7 Å². The Hall–Kier alpha value is -1.84. The van der Waals surface area contributed by atoms with E-state index in [1.54, 1.807) is 4.90 Å². The van der Waals surface area contributed by atoms with Gasteiger partial charge in [0.15, 0.2) is 0 Å².